The molecule has 0 bridgehead atoms. The number of aromatic nitrogens is 4. The van der Waals surface area contributed by atoms with Gasteiger partial charge in [-0.1, -0.05) is 0 Å². The number of rotatable bonds is 6. The summed E-state index contributed by atoms with van der Waals surface area (Å²) in [5, 5.41) is 20.2. The van der Waals surface area contributed by atoms with Crippen LogP contribution in [0.3, 0.4) is 0 Å². The fourth-order valence-corrected chi connectivity index (χ4v) is 3.03. The summed E-state index contributed by atoms with van der Waals surface area (Å²) < 4.78 is 22.1. The van der Waals surface area contributed by atoms with Gasteiger partial charge in [0.05, 0.1) is 13.2 Å². The second-order valence-corrected chi connectivity index (χ2v) is 7.17. The van der Waals surface area contributed by atoms with Gasteiger partial charge in [-0.15, -0.1) is 0 Å². The van der Waals surface area contributed by atoms with E-state index in [1.165, 1.54) is 12.4 Å². The Bertz CT molecular complexity index is 988. The van der Waals surface area contributed by atoms with E-state index in [0.717, 1.165) is 21.4 Å². The molecule has 2 aromatic rings. The van der Waals surface area contributed by atoms with E-state index in [4.69, 9.17) is 14.5 Å². The van der Waals surface area contributed by atoms with Crippen LogP contribution in [0.5, 0.6) is 0 Å². The first kappa shape index (κ1) is 20.5. The predicted octanol–water partition coefficient (Wildman–Crippen LogP) is -2.42. The van der Waals surface area contributed by atoms with Crippen molar-refractivity contribution in [2.75, 3.05) is 6.61 Å². The molecule has 0 aromatic carbocycles. The van der Waals surface area contributed by atoms with Crippen LogP contribution in [-0.2, 0) is 20.4 Å². The van der Waals surface area contributed by atoms with Crippen molar-refractivity contribution >= 4 is 7.82 Å². The van der Waals surface area contributed by atoms with Gasteiger partial charge >= 0.3 is 13.5 Å². The molecule has 0 radical (unpaired) electrons. The number of hydrogen-bond acceptors (Lipinski definition) is 9. The Kier molecular flexibility index (Phi) is 5.86. The van der Waals surface area contributed by atoms with Gasteiger partial charge < -0.3 is 24.7 Å². The Balaban J connectivity index is 1.87. The number of aliphatic hydroxyl groups is 2. The van der Waals surface area contributed by atoms with E-state index in [-0.39, 0.29) is 12.4 Å². The zero-order valence-corrected chi connectivity index (χ0v) is 15.1. The van der Waals surface area contributed by atoms with E-state index in [9.17, 15) is 24.4 Å². The molecule has 1 aliphatic heterocycles. The van der Waals surface area contributed by atoms with Crippen molar-refractivity contribution in [2.45, 2.75) is 31.1 Å². The summed E-state index contributed by atoms with van der Waals surface area (Å²) in [7, 11) is -4.82. The molecule has 0 saturated carbocycles. The van der Waals surface area contributed by atoms with Gasteiger partial charge in [0.25, 0.3) is 5.56 Å². The molecule has 0 amide bonds. The maximum atomic E-state index is 12.7. The minimum atomic E-state index is -4.82. The highest BCUT2D eigenvalue weighted by Gasteiger charge is 2.45. The largest absolute Gasteiger partial charge is 0.469 e. The molecule has 0 aliphatic carbocycles. The summed E-state index contributed by atoms with van der Waals surface area (Å²) in [5.74, 6) is 0.209. The third-order valence-electron chi connectivity index (χ3n) is 4.03. The molecule has 3 heterocycles. The zero-order valence-electron chi connectivity index (χ0n) is 14.2. The fraction of sp³-hybridized carbons (Fsp3) is 0.429. The zero-order chi connectivity index (χ0) is 20.5. The number of phosphoric acid groups is 1. The maximum Gasteiger partial charge on any atom is 0.469 e. The minimum Gasteiger partial charge on any atom is -0.387 e. The average molecular weight is 416 g/mol. The number of phosphoric ester groups is 1. The molecule has 28 heavy (non-hydrogen) atoms. The Morgan fingerprint density at radius 3 is 2.50 bits per heavy atom. The molecule has 3 rings (SSSR count). The molecule has 152 valence electrons. The standard InChI is InChI=1S/C14H17N4O9P/c19-10-2-5-17(14(22)18(10)6-9-15-3-1-4-16-9)13-12(21)11(20)8(27-13)7-26-28(23,24)25/h1-5,8,11-13,20-21H,6-7H2,(H2,23,24,25)/t8-,11+,12?,13-/m1/s1. The lowest BCUT2D eigenvalue weighted by molar-refractivity contribution is -0.0548. The molecule has 4 atom stereocenters. The molecule has 4 N–H and O–H groups in total. The molecule has 1 fully saturated rings. The molecule has 13 nitrogen and oxygen atoms in total. The van der Waals surface area contributed by atoms with E-state index in [1.54, 1.807) is 6.07 Å². The number of ether oxygens (including phenoxy) is 1. The van der Waals surface area contributed by atoms with Crippen LogP contribution in [0.15, 0.2) is 40.3 Å². The summed E-state index contributed by atoms with van der Waals surface area (Å²) in [4.78, 5) is 50.1. The average Bonchev–Trinajstić information content (AvgIpc) is 2.92. The van der Waals surface area contributed by atoms with E-state index in [1.807, 2.05) is 0 Å². The van der Waals surface area contributed by atoms with E-state index in [0.29, 0.717) is 0 Å². The first-order chi connectivity index (χ1) is 13.2. The van der Waals surface area contributed by atoms with Gasteiger partial charge in [-0.25, -0.2) is 19.3 Å². The lowest BCUT2D eigenvalue weighted by atomic mass is 10.1. The van der Waals surface area contributed by atoms with Crippen molar-refractivity contribution in [3.05, 3.63) is 57.4 Å². The molecule has 0 spiro atoms. The third-order valence-corrected chi connectivity index (χ3v) is 4.52. The lowest BCUT2D eigenvalue weighted by Gasteiger charge is -2.18. The van der Waals surface area contributed by atoms with E-state index in [2.05, 4.69) is 14.5 Å². The number of aliphatic hydroxyl groups excluding tert-OH is 2. The Labute approximate surface area is 156 Å². The first-order valence-corrected chi connectivity index (χ1v) is 9.50. The summed E-state index contributed by atoms with van der Waals surface area (Å²) in [6.07, 6.45) is -1.93. The summed E-state index contributed by atoms with van der Waals surface area (Å²) in [6.45, 7) is -0.944. The Hall–Kier alpha value is -2.25. The normalized spacial score (nSPS) is 25.1. The van der Waals surface area contributed by atoms with Crippen LogP contribution in [-0.4, -0.2) is 64.0 Å². The Morgan fingerprint density at radius 1 is 1.18 bits per heavy atom. The highest BCUT2D eigenvalue weighted by atomic mass is 31.2. The van der Waals surface area contributed by atoms with Gasteiger partial charge in [0.1, 0.15) is 24.1 Å². The van der Waals surface area contributed by atoms with Crippen LogP contribution in [0.25, 0.3) is 0 Å². The molecule has 2 aromatic heterocycles. The van der Waals surface area contributed by atoms with Crippen molar-refractivity contribution in [3.63, 3.8) is 0 Å². The van der Waals surface area contributed by atoms with E-state index >= 15 is 0 Å². The number of hydrogen-bond donors (Lipinski definition) is 4. The van der Waals surface area contributed by atoms with Gasteiger partial charge in [0.15, 0.2) is 6.23 Å². The number of nitrogens with zero attached hydrogens (tertiary/aromatic N) is 4. The van der Waals surface area contributed by atoms with Crippen molar-refractivity contribution in [1.29, 1.82) is 0 Å². The highest BCUT2D eigenvalue weighted by molar-refractivity contribution is 7.46. The smallest absolute Gasteiger partial charge is 0.387 e. The predicted molar refractivity (Wildman–Crippen MR) is 90.0 cm³/mol. The van der Waals surface area contributed by atoms with Gasteiger partial charge in [0, 0.05) is 24.7 Å². The van der Waals surface area contributed by atoms with Crippen molar-refractivity contribution < 1.29 is 33.8 Å². The molecular formula is C14H17N4O9P. The quantitative estimate of drug-likeness (QED) is 0.367. The van der Waals surface area contributed by atoms with Gasteiger partial charge in [0.2, 0.25) is 0 Å². The van der Waals surface area contributed by atoms with Gasteiger partial charge in [-0.3, -0.25) is 18.5 Å². The summed E-state index contributed by atoms with van der Waals surface area (Å²) >= 11 is 0. The van der Waals surface area contributed by atoms with Gasteiger partial charge in [-0.05, 0) is 6.07 Å². The maximum absolute atomic E-state index is 12.7. The summed E-state index contributed by atoms with van der Waals surface area (Å²) in [5.41, 5.74) is -1.49. The van der Waals surface area contributed by atoms with Crippen LogP contribution in [0, 0.1) is 0 Å². The molecule has 14 heteroatoms. The second kappa shape index (κ2) is 8.01. The van der Waals surface area contributed by atoms with Crippen LogP contribution in [0.4, 0.5) is 0 Å². The van der Waals surface area contributed by atoms with E-state index < -0.39 is 50.2 Å². The van der Waals surface area contributed by atoms with Gasteiger partial charge in [-0.2, -0.15) is 0 Å². The molecular weight excluding hydrogens is 399 g/mol. The van der Waals surface area contributed by atoms with Crippen molar-refractivity contribution in [1.82, 2.24) is 19.1 Å². The topological polar surface area (TPSA) is 186 Å². The molecule has 1 unspecified atom stereocenters. The van der Waals surface area contributed by atoms with Crippen LogP contribution in [0.2, 0.25) is 0 Å². The second-order valence-electron chi connectivity index (χ2n) is 5.93. The Morgan fingerprint density at radius 2 is 1.86 bits per heavy atom. The monoisotopic (exact) mass is 416 g/mol. The highest BCUT2D eigenvalue weighted by Crippen LogP contribution is 2.38. The molecule has 1 aliphatic rings. The summed E-state index contributed by atoms with van der Waals surface area (Å²) in [6, 6.07) is 2.63. The fourth-order valence-electron chi connectivity index (χ4n) is 2.69. The van der Waals surface area contributed by atoms with Crippen molar-refractivity contribution in [3.8, 4) is 0 Å². The first-order valence-electron chi connectivity index (χ1n) is 7.97. The molecule has 1 saturated heterocycles. The third kappa shape index (κ3) is 4.42. The minimum absolute atomic E-state index is 0.209. The lowest BCUT2D eigenvalue weighted by Crippen LogP contribution is -2.43. The van der Waals surface area contributed by atoms with Crippen molar-refractivity contribution in [2.24, 2.45) is 0 Å². The van der Waals surface area contributed by atoms with Crippen LogP contribution in [0.1, 0.15) is 12.1 Å². The van der Waals surface area contributed by atoms with Crippen LogP contribution < -0.4 is 11.2 Å². The SMILES string of the molecule is O=c1ccn([C@@H]2O[C@H](COP(=O)(O)O)[C@H](O)C2O)c(=O)n1Cc1ncccn1. The van der Waals surface area contributed by atoms with Crippen LogP contribution >= 0.6 is 7.82 Å².